The monoisotopic (exact) mass is 428 g/mol. The maximum atomic E-state index is 12.5. The van der Waals surface area contributed by atoms with E-state index in [0.29, 0.717) is 16.5 Å². The van der Waals surface area contributed by atoms with Gasteiger partial charge in [-0.3, -0.25) is 14.5 Å². The van der Waals surface area contributed by atoms with Gasteiger partial charge in [-0.1, -0.05) is 40.9 Å². The predicted molar refractivity (Wildman–Crippen MR) is 110 cm³/mol. The van der Waals surface area contributed by atoms with Crippen LogP contribution >= 0.6 is 34.8 Å². The van der Waals surface area contributed by atoms with Gasteiger partial charge in [0, 0.05) is 5.69 Å². The Morgan fingerprint density at radius 2 is 1.78 bits per heavy atom. The van der Waals surface area contributed by atoms with Crippen LogP contribution in [0.2, 0.25) is 15.1 Å². The maximum Gasteiger partial charge on any atom is 0.241 e. The van der Waals surface area contributed by atoms with Gasteiger partial charge in [-0.25, -0.2) is 4.98 Å². The molecule has 0 saturated carbocycles. The number of anilines is 2. The highest BCUT2D eigenvalue weighted by Gasteiger charge is 2.21. The average molecular weight is 430 g/mol. The molecule has 0 aliphatic heterocycles. The number of aromatic nitrogens is 1. The number of nitrogens with one attached hydrogen (secondary N) is 2. The summed E-state index contributed by atoms with van der Waals surface area (Å²) in [4.78, 5) is 30.4. The van der Waals surface area contributed by atoms with E-state index in [1.54, 1.807) is 31.0 Å². The minimum Gasteiger partial charge on any atom is -0.323 e. The Kier molecular flexibility index (Phi) is 7.44. The molecule has 1 aromatic heterocycles. The van der Waals surface area contributed by atoms with Crippen LogP contribution in [0.1, 0.15) is 12.6 Å². The van der Waals surface area contributed by atoms with Gasteiger partial charge in [0.25, 0.3) is 0 Å². The number of nitrogens with zero attached hydrogens (tertiary/aromatic N) is 2. The summed E-state index contributed by atoms with van der Waals surface area (Å²) >= 11 is 17.9. The van der Waals surface area contributed by atoms with E-state index in [1.807, 2.05) is 13.0 Å². The van der Waals surface area contributed by atoms with Gasteiger partial charge in [0.2, 0.25) is 11.8 Å². The van der Waals surface area contributed by atoms with Gasteiger partial charge in [-0.05, 0) is 45.2 Å². The van der Waals surface area contributed by atoms with Gasteiger partial charge < -0.3 is 10.6 Å². The van der Waals surface area contributed by atoms with Gasteiger partial charge in [-0.15, -0.1) is 0 Å². The van der Waals surface area contributed by atoms with Gasteiger partial charge in [0.1, 0.15) is 5.82 Å². The number of benzene rings is 1. The number of pyridine rings is 1. The molecule has 0 aliphatic carbocycles. The molecule has 2 rings (SSSR count). The number of halogens is 3. The zero-order valence-electron chi connectivity index (χ0n) is 15.0. The second-order valence-electron chi connectivity index (χ2n) is 6.04. The lowest BCUT2D eigenvalue weighted by atomic mass is 10.2. The number of amides is 2. The van der Waals surface area contributed by atoms with E-state index >= 15 is 0 Å². The van der Waals surface area contributed by atoms with Gasteiger partial charge >= 0.3 is 0 Å². The largest absolute Gasteiger partial charge is 0.323 e. The van der Waals surface area contributed by atoms with E-state index < -0.39 is 6.04 Å². The van der Waals surface area contributed by atoms with Crippen molar-refractivity contribution in [1.82, 2.24) is 9.88 Å². The molecule has 1 unspecified atom stereocenters. The molecule has 9 heteroatoms. The van der Waals surface area contributed by atoms with E-state index in [1.165, 1.54) is 12.1 Å². The van der Waals surface area contributed by atoms with Crippen molar-refractivity contribution < 1.29 is 9.59 Å². The fraction of sp³-hybridized carbons (Fsp3) is 0.278. The lowest BCUT2D eigenvalue weighted by molar-refractivity contribution is -0.122. The number of rotatable bonds is 6. The SMILES string of the molecule is Cc1cccc(NC(=O)CN(C)C(C)C(=O)Nc2cc(Cl)c(Cl)cc2Cl)n1. The molecule has 2 amide bonds. The standard InChI is InChI=1S/C18H19Cl3N4O2/c1-10-5-4-6-16(22-10)24-17(26)9-25(3)11(2)18(27)23-15-8-13(20)12(19)7-14(15)21/h4-8,11H,9H2,1-3H3,(H,23,27)(H,22,24,26). The van der Waals surface area contributed by atoms with E-state index in [0.717, 1.165) is 5.69 Å². The molecule has 144 valence electrons. The summed E-state index contributed by atoms with van der Waals surface area (Å²) in [7, 11) is 1.67. The first-order chi connectivity index (χ1) is 12.7. The van der Waals surface area contributed by atoms with Crippen LogP contribution in [0.3, 0.4) is 0 Å². The quantitative estimate of drug-likeness (QED) is 0.673. The van der Waals surface area contributed by atoms with Crippen molar-refractivity contribution in [3.8, 4) is 0 Å². The maximum absolute atomic E-state index is 12.5. The van der Waals surface area contributed by atoms with Crippen LogP contribution in [0.25, 0.3) is 0 Å². The normalized spacial score (nSPS) is 12.0. The third kappa shape index (κ3) is 6.07. The smallest absolute Gasteiger partial charge is 0.241 e. The first kappa shape index (κ1) is 21.4. The third-order valence-electron chi connectivity index (χ3n) is 3.86. The molecule has 1 atom stereocenters. The Labute approximate surface area is 172 Å². The summed E-state index contributed by atoms with van der Waals surface area (Å²) in [6, 6.07) is 7.69. The Morgan fingerprint density at radius 3 is 2.44 bits per heavy atom. The van der Waals surface area contributed by atoms with Crippen LogP contribution in [-0.4, -0.2) is 41.3 Å². The van der Waals surface area contributed by atoms with Gasteiger partial charge in [-0.2, -0.15) is 0 Å². The first-order valence-electron chi connectivity index (χ1n) is 8.06. The Bertz CT molecular complexity index is 860. The third-order valence-corrected chi connectivity index (χ3v) is 4.89. The molecule has 0 saturated heterocycles. The molecular weight excluding hydrogens is 411 g/mol. The van der Waals surface area contributed by atoms with Crippen molar-refractivity contribution in [3.63, 3.8) is 0 Å². The minimum atomic E-state index is -0.591. The van der Waals surface area contributed by atoms with E-state index in [4.69, 9.17) is 34.8 Å². The van der Waals surface area contributed by atoms with Crippen molar-refractivity contribution in [1.29, 1.82) is 0 Å². The molecule has 2 N–H and O–H groups in total. The lowest BCUT2D eigenvalue weighted by Crippen LogP contribution is -2.43. The summed E-state index contributed by atoms with van der Waals surface area (Å²) in [6.45, 7) is 3.53. The fourth-order valence-electron chi connectivity index (χ4n) is 2.21. The van der Waals surface area contributed by atoms with Gasteiger partial charge in [0.15, 0.2) is 0 Å². The zero-order chi connectivity index (χ0) is 20.1. The summed E-state index contributed by atoms with van der Waals surface area (Å²) < 4.78 is 0. The van der Waals surface area contributed by atoms with E-state index in [2.05, 4.69) is 15.6 Å². The van der Waals surface area contributed by atoms with Crippen LogP contribution in [0.5, 0.6) is 0 Å². The number of hydrogen-bond acceptors (Lipinski definition) is 4. The highest BCUT2D eigenvalue weighted by molar-refractivity contribution is 6.44. The number of aryl methyl sites for hydroxylation is 1. The highest BCUT2D eigenvalue weighted by Crippen LogP contribution is 2.32. The summed E-state index contributed by atoms with van der Waals surface area (Å²) in [5.41, 5.74) is 1.15. The Morgan fingerprint density at radius 1 is 1.11 bits per heavy atom. The topological polar surface area (TPSA) is 74.3 Å². The van der Waals surface area contributed by atoms with E-state index in [-0.39, 0.29) is 28.4 Å². The molecule has 0 fully saturated rings. The van der Waals surface area contributed by atoms with Crippen molar-refractivity contribution in [2.24, 2.45) is 0 Å². The molecule has 1 heterocycles. The predicted octanol–water partition coefficient (Wildman–Crippen LogP) is 4.25. The van der Waals surface area contributed by atoms with Crippen molar-refractivity contribution >= 4 is 58.1 Å². The first-order valence-corrected chi connectivity index (χ1v) is 9.20. The number of likely N-dealkylation sites (N-methyl/N-ethyl adjacent to an activating group) is 1. The molecule has 0 aliphatic rings. The molecule has 2 aromatic rings. The van der Waals surface area contributed by atoms with E-state index in [9.17, 15) is 9.59 Å². The molecule has 0 bridgehead atoms. The van der Waals surface area contributed by atoms with Crippen LogP contribution in [-0.2, 0) is 9.59 Å². The van der Waals surface area contributed by atoms with Crippen molar-refractivity contribution in [2.45, 2.75) is 19.9 Å². The van der Waals surface area contributed by atoms with Crippen LogP contribution in [0.4, 0.5) is 11.5 Å². The molecule has 27 heavy (non-hydrogen) atoms. The Hall–Kier alpha value is -1.86. The van der Waals surface area contributed by atoms with Crippen LogP contribution in [0, 0.1) is 6.92 Å². The Balaban J connectivity index is 1.95. The summed E-state index contributed by atoms with van der Waals surface area (Å²) in [5.74, 6) is -0.143. The summed E-state index contributed by atoms with van der Waals surface area (Å²) in [5, 5.41) is 6.24. The molecular formula is C18H19Cl3N4O2. The minimum absolute atomic E-state index is 0.0132. The molecule has 6 nitrogen and oxygen atoms in total. The van der Waals surface area contributed by atoms with Crippen molar-refractivity contribution in [2.75, 3.05) is 24.2 Å². The average Bonchev–Trinajstić information content (AvgIpc) is 2.58. The number of carbonyl (C=O) groups is 2. The zero-order valence-corrected chi connectivity index (χ0v) is 17.3. The molecule has 0 radical (unpaired) electrons. The highest BCUT2D eigenvalue weighted by atomic mass is 35.5. The van der Waals surface area contributed by atoms with Crippen LogP contribution in [0.15, 0.2) is 30.3 Å². The summed E-state index contributed by atoms with van der Waals surface area (Å²) in [6.07, 6.45) is 0. The molecule has 1 aromatic carbocycles. The molecule has 0 spiro atoms. The number of carbonyl (C=O) groups excluding carboxylic acids is 2. The second kappa shape index (κ2) is 9.37. The number of hydrogen-bond donors (Lipinski definition) is 2. The fourth-order valence-corrected chi connectivity index (χ4v) is 2.81. The van der Waals surface area contributed by atoms with Crippen LogP contribution < -0.4 is 10.6 Å². The van der Waals surface area contributed by atoms with Gasteiger partial charge in [0.05, 0.1) is 33.3 Å². The second-order valence-corrected chi connectivity index (χ2v) is 7.26. The lowest BCUT2D eigenvalue weighted by Gasteiger charge is -2.23. The van der Waals surface area contributed by atoms with Crippen molar-refractivity contribution in [3.05, 3.63) is 51.1 Å².